The zero-order valence-corrected chi connectivity index (χ0v) is 11.7. The van der Waals surface area contributed by atoms with E-state index >= 15 is 0 Å². The molecule has 0 aromatic heterocycles. The number of carbonyl (C=O) groups excluding carboxylic acids is 1. The third-order valence-corrected chi connectivity index (χ3v) is 4.29. The Labute approximate surface area is 118 Å². The molecule has 1 heterocycles. The number of amides is 1. The average Bonchev–Trinajstić information content (AvgIpc) is 3.08. The van der Waals surface area contributed by atoms with Gasteiger partial charge < -0.3 is 5.32 Å². The number of halogens is 1. The first-order valence-corrected chi connectivity index (χ1v) is 7.36. The molecule has 0 bridgehead atoms. The van der Waals surface area contributed by atoms with Crippen LogP contribution in [0.15, 0.2) is 24.3 Å². The lowest BCUT2D eigenvalue weighted by Crippen LogP contribution is -2.34. The lowest BCUT2D eigenvalue weighted by Gasteiger charge is -2.16. The second-order valence-corrected chi connectivity index (χ2v) is 6.00. The second-order valence-electron chi connectivity index (χ2n) is 5.59. The maximum Gasteiger partial charge on any atom is 0.224 e. The van der Waals surface area contributed by atoms with Crippen molar-refractivity contribution in [2.45, 2.75) is 31.8 Å². The van der Waals surface area contributed by atoms with Crippen molar-refractivity contribution in [3.05, 3.63) is 34.9 Å². The third-order valence-electron chi connectivity index (χ3n) is 3.92. The van der Waals surface area contributed by atoms with E-state index in [1.807, 2.05) is 18.2 Å². The van der Waals surface area contributed by atoms with Crippen LogP contribution in [-0.2, 0) is 11.3 Å². The summed E-state index contributed by atoms with van der Waals surface area (Å²) in [5, 5.41) is 3.91. The Morgan fingerprint density at radius 1 is 1.32 bits per heavy atom. The van der Waals surface area contributed by atoms with Crippen molar-refractivity contribution >= 4 is 17.5 Å². The maximum absolute atomic E-state index is 12.0. The minimum atomic E-state index is 0.156. The molecule has 0 radical (unpaired) electrons. The van der Waals surface area contributed by atoms with E-state index in [9.17, 15) is 4.79 Å². The lowest BCUT2D eigenvalue weighted by molar-refractivity contribution is -0.124. The van der Waals surface area contributed by atoms with E-state index in [-0.39, 0.29) is 11.8 Å². The molecule has 19 heavy (non-hydrogen) atoms. The van der Waals surface area contributed by atoms with Crippen LogP contribution in [0, 0.1) is 5.92 Å². The molecule has 1 aromatic rings. The molecule has 1 aliphatic carbocycles. The first-order valence-electron chi connectivity index (χ1n) is 6.98. The average molecular weight is 279 g/mol. The number of hydrogen-bond donors (Lipinski definition) is 1. The van der Waals surface area contributed by atoms with Crippen LogP contribution >= 0.6 is 11.6 Å². The third kappa shape index (κ3) is 3.28. The van der Waals surface area contributed by atoms with Crippen LogP contribution in [0.25, 0.3) is 0 Å². The Bertz CT molecular complexity index is 473. The molecule has 3 nitrogen and oxygen atoms in total. The Hall–Kier alpha value is -1.06. The van der Waals surface area contributed by atoms with Gasteiger partial charge in [-0.15, -0.1) is 0 Å². The van der Waals surface area contributed by atoms with Crippen LogP contribution in [-0.4, -0.2) is 29.9 Å². The summed E-state index contributed by atoms with van der Waals surface area (Å²) < 4.78 is 0. The summed E-state index contributed by atoms with van der Waals surface area (Å²) in [6.45, 7) is 2.67. The van der Waals surface area contributed by atoms with E-state index in [1.54, 1.807) is 0 Å². The van der Waals surface area contributed by atoms with Gasteiger partial charge in [0.05, 0.1) is 5.92 Å². The zero-order valence-electron chi connectivity index (χ0n) is 10.9. The molecule has 4 heteroatoms. The molecule has 1 unspecified atom stereocenters. The standard InChI is InChI=1S/C15H19ClN2O/c16-14-4-2-1-3-11(14)9-18-8-7-12(10-18)15(19)17-13-5-6-13/h1-4,12-13H,5-10H2,(H,17,19). The highest BCUT2D eigenvalue weighted by Crippen LogP contribution is 2.24. The van der Waals surface area contributed by atoms with E-state index in [4.69, 9.17) is 11.6 Å². The highest BCUT2D eigenvalue weighted by molar-refractivity contribution is 6.31. The molecule has 1 saturated heterocycles. The predicted octanol–water partition coefficient (Wildman–Crippen LogP) is 2.44. The van der Waals surface area contributed by atoms with Gasteiger partial charge >= 0.3 is 0 Å². The summed E-state index contributed by atoms with van der Waals surface area (Å²) in [5.74, 6) is 0.396. The van der Waals surface area contributed by atoms with Gasteiger partial charge in [-0.25, -0.2) is 0 Å². The van der Waals surface area contributed by atoms with Crippen molar-refractivity contribution in [2.75, 3.05) is 13.1 Å². The molecule has 1 aromatic carbocycles. The quantitative estimate of drug-likeness (QED) is 0.917. The van der Waals surface area contributed by atoms with Crippen molar-refractivity contribution < 1.29 is 4.79 Å². The predicted molar refractivity (Wildman–Crippen MR) is 76.0 cm³/mol. The van der Waals surface area contributed by atoms with Crippen LogP contribution in [0.1, 0.15) is 24.8 Å². The van der Waals surface area contributed by atoms with Crippen molar-refractivity contribution in [3.8, 4) is 0 Å². The normalized spacial score (nSPS) is 23.5. The molecule has 3 rings (SSSR count). The monoisotopic (exact) mass is 278 g/mol. The summed E-state index contributed by atoms with van der Waals surface area (Å²) in [6.07, 6.45) is 3.27. The number of likely N-dealkylation sites (tertiary alicyclic amines) is 1. The first kappa shape index (κ1) is 12.9. The summed E-state index contributed by atoms with van der Waals surface area (Å²) >= 11 is 6.17. The highest BCUT2D eigenvalue weighted by Gasteiger charge is 2.32. The molecular formula is C15H19ClN2O. The maximum atomic E-state index is 12.0. The topological polar surface area (TPSA) is 32.3 Å². The largest absolute Gasteiger partial charge is 0.353 e. The van der Waals surface area contributed by atoms with E-state index in [0.29, 0.717) is 6.04 Å². The van der Waals surface area contributed by atoms with Crippen molar-refractivity contribution in [2.24, 2.45) is 5.92 Å². The molecular weight excluding hydrogens is 260 g/mol. The fourth-order valence-electron chi connectivity index (χ4n) is 2.60. The van der Waals surface area contributed by atoms with Crippen molar-refractivity contribution in [1.29, 1.82) is 0 Å². The Balaban J connectivity index is 1.54. The second kappa shape index (κ2) is 5.51. The van der Waals surface area contributed by atoms with Gasteiger partial charge in [0.2, 0.25) is 5.91 Å². The van der Waals surface area contributed by atoms with Crippen LogP contribution in [0.4, 0.5) is 0 Å². The lowest BCUT2D eigenvalue weighted by atomic mass is 10.1. The molecule has 0 spiro atoms. The summed E-state index contributed by atoms with van der Waals surface area (Å²) in [7, 11) is 0. The van der Waals surface area contributed by atoms with Crippen LogP contribution in [0.5, 0.6) is 0 Å². The van der Waals surface area contributed by atoms with E-state index in [2.05, 4.69) is 16.3 Å². The molecule has 1 atom stereocenters. The van der Waals surface area contributed by atoms with Gasteiger partial charge in [-0.3, -0.25) is 9.69 Å². The minimum absolute atomic E-state index is 0.156. The molecule has 102 valence electrons. The smallest absolute Gasteiger partial charge is 0.224 e. The van der Waals surface area contributed by atoms with Crippen molar-refractivity contribution in [3.63, 3.8) is 0 Å². The highest BCUT2D eigenvalue weighted by atomic mass is 35.5. The van der Waals surface area contributed by atoms with Crippen molar-refractivity contribution in [1.82, 2.24) is 10.2 Å². The van der Waals surface area contributed by atoms with Gasteiger partial charge in [-0.2, -0.15) is 0 Å². The van der Waals surface area contributed by atoms with Crippen LogP contribution in [0.2, 0.25) is 5.02 Å². The molecule has 1 amide bonds. The first-order chi connectivity index (χ1) is 9.22. The summed E-state index contributed by atoms with van der Waals surface area (Å²) in [5.41, 5.74) is 1.15. The molecule has 2 aliphatic rings. The van der Waals surface area contributed by atoms with Gasteiger partial charge in [0, 0.05) is 24.2 Å². The summed E-state index contributed by atoms with van der Waals surface area (Å²) in [6, 6.07) is 8.39. The van der Waals surface area contributed by atoms with Crippen LogP contribution < -0.4 is 5.32 Å². The van der Waals surface area contributed by atoms with Gasteiger partial charge in [-0.05, 0) is 37.4 Å². The summed E-state index contributed by atoms with van der Waals surface area (Å²) in [4.78, 5) is 14.3. The number of nitrogens with one attached hydrogen (secondary N) is 1. The van der Waals surface area contributed by atoms with E-state index in [0.717, 1.165) is 49.5 Å². The number of hydrogen-bond acceptors (Lipinski definition) is 2. The fourth-order valence-corrected chi connectivity index (χ4v) is 2.80. The fraction of sp³-hybridized carbons (Fsp3) is 0.533. The molecule has 1 aliphatic heterocycles. The SMILES string of the molecule is O=C(NC1CC1)C1CCN(Cc2ccccc2Cl)C1. The Kier molecular flexibility index (Phi) is 3.76. The number of rotatable bonds is 4. The number of carbonyl (C=O) groups is 1. The Morgan fingerprint density at radius 2 is 2.11 bits per heavy atom. The van der Waals surface area contributed by atoms with Gasteiger partial charge in [-0.1, -0.05) is 29.8 Å². The van der Waals surface area contributed by atoms with Gasteiger partial charge in [0.1, 0.15) is 0 Å². The van der Waals surface area contributed by atoms with Gasteiger partial charge in [0.25, 0.3) is 0 Å². The van der Waals surface area contributed by atoms with Gasteiger partial charge in [0.15, 0.2) is 0 Å². The molecule has 1 saturated carbocycles. The molecule has 2 fully saturated rings. The van der Waals surface area contributed by atoms with Crippen LogP contribution in [0.3, 0.4) is 0 Å². The number of nitrogens with zero attached hydrogens (tertiary/aromatic N) is 1. The van der Waals surface area contributed by atoms with E-state index in [1.165, 1.54) is 0 Å². The minimum Gasteiger partial charge on any atom is -0.353 e. The van der Waals surface area contributed by atoms with E-state index < -0.39 is 0 Å². The zero-order chi connectivity index (χ0) is 13.2. The number of benzene rings is 1. The Morgan fingerprint density at radius 3 is 2.84 bits per heavy atom. The molecule has 1 N–H and O–H groups in total.